The first-order chi connectivity index (χ1) is 12.7. The monoisotopic (exact) mass is 363 g/mol. The van der Waals surface area contributed by atoms with Crippen LogP contribution in [0.4, 0.5) is 0 Å². The summed E-state index contributed by atoms with van der Waals surface area (Å²) in [5.74, 6) is -0.263. The van der Waals surface area contributed by atoms with Crippen LogP contribution in [0.1, 0.15) is 5.56 Å². The van der Waals surface area contributed by atoms with Crippen LogP contribution in [0.15, 0.2) is 59.8 Å². The smallest absolute Gasteiger partial charge is 0.227 e. The molecule has 0 fully saturated rings. The van der Waals surface area contributed by atoms with Crippen LogP contribution < -0.4 is 5.73 Å². The second-order valence-corrected chi connectivity index (χ2v) is 6.87. The molecule has 0 saturated carbocycles. The second kappa shape index (κ2) is 7.13. The highest BCUT2D eigenvalue weighted by atomic mass is 32.2. The van der Waals surface area contributed by atoms with E-state index >= 15 is 0 Å². The SMILES string of the molecule is NC(=O)CSc1nnc2c3ccccc3n(CCc3ccccc3)c2n1. The number of para-hydroxylation sites is 1. The van der Waals surface area contributed by atoms with E-state index in [0.29, 0.717) is 5.16 Å². The van der Waals surface area contributed by atoms with Crippen LogP contribution in [0.3, 0.4) is 0 Å². The quantitative estimate of drug-likeness (QED) is 0.532. The Kier molecular flexibility index (Phi) is 4.53. The third-order valence-electron chi connectivity index (χ3n) is 4.16. The second-order valence-electron chi connectivity index (χ2n) is 5.93. The summed E-state index contributed by atoms with van der Waals surface area (Å²) in [6.45, 7) is 0.784. The van der Waals surface area contributed by atoms with Gasteiger partial charge in [0, 0.05) is 11.9 Å². The number of carbonyl (C=O) groups is 1. The fraction of sp³-hybridized carbons (Fsp3) is 0.158. The molecule has 2 aromatic heterocycles. The topological polar surface area (TPSA) is 86.7 Å². The van der Waals surface area contributed by atoms with Crippen LogP contribution >= 0.6 is 11.8 Å². The number of benzene rings is 2. The standard InChI is InChI=1S/C19H17N5OS/c20-16(25)12-26-19-21-18-17(22-23-19)14-8-4-5-9-15(14)24(18)11-10-13-6-2-1-3-7-13/h1-9H,10-12H2,(H2,20,25). The number of hydrogen-bond acceptors (Lipinski definition) is 5. The minimum Gasteiger partial charge on any atom is -0.369 e. The number of rotatable bonds is 6. The van der Waals surface area contributed by atoms with E-state index in [1.165, 1.54) is 17.3 Å². The van der Waals surface area contributed by atoms with Gasteiger partial charge in [0.1, 0.15) is 5.52 Å². The van der Waals surface area contributed by atoms with Crippen molar-refractivity contribution in [3.8, 4) is 0 Å². The van der Waals surface area contributed by atoms with Crippen LogP contribution in [0.25, 0.3) is 22.1 Å². The van der Waals surface area contributed by atoms with Crippen LogP contribution in [-0.2, 0) is 17.8 Å². The van der Waals surface area contributed by atoms with Crippen molar-refractivity contribution in [1.29, 1.82) is 0 Å². The van der Waals surface area contributed by atoms with Gasteiger partial charge in [0.25, 0.3) is 0 Å². The van der Waals surface area contributed by atoms with E-state index in [0.717, 1.165) is 35.0 Å². The number of aromatic nitrogens is 4. The lowest BCUT2D eigenvalue weighted by atomic mass is 10.1. The van der Waals surface area contributed by atoms with Crippen molar-refractivity contribution in [3.63, 3.8) is 0 Å². The van der Waals surface area contributed by atoms with E-state index in [-0.39, 0.29) is 5.75 Å². The Hall–Kier alpha value is -2.93. The zero-order valence-corrected chi connectivity index (χ0v) is 14.8. The molecule has 26 heavy (non-hydrogen) atoms. The Morgan fingerprint density at radius 2 is 1.81 bits per heavy atom. The van der Waals surface area contributed by atoms with Gasteiger partial charge >= 0.3 is 0 Å². The zero-order chi connectivity index (χ0) is 17.9. The average molecular weight is 363 g/mol. The summed E-state index contributed by atoms with van der Waals surface area (Å²) in [6.07, 6.45) is 0.891. The lowest BCUT2D eigenvalue weighted by Crippen LogP contribution is -2.13. The number of aryl methyl sites for hydroxylation is 2. The van der Waals surface area contributed by atoms with Crippen molar-refractivity contribution in [2.75, 3.05) is 5.75 Å². The molecule has 7 heteroatoms. The Morgan fingerprint density at radius 1 is 1.04 bits per heavy atom. The molecule has 0 aliphatic carbocycles. The van der Waals surface area contributed by atoms with Gasteiger partial charge in [0.15, 0.2) is 5.65 Å². The molecule has 4 rings (SSSR count). The molecule has 2 heterocycles. The Bertz CT molecular complexity index is 1080. The highest BCUT2D eigenvalue weighted by Crippen LogP contribution is 2.27. The molecule has 0 saturated heterocycles. The summed E-state index contributed by atoms with van der Waals surface area (Å²) in [5.41, 5.74) is 9.12. The fourth-order valence-electron chi connectivity index (χ4n) is 3.00. The van der Waals surface area contributed by atoms with Crippen LogP contribution in [0, 0.1) is 0 Å². The lowest BCUT2D eigenvalue weighted by molar-refractivity contribution is -0.115. The molecule has 0 atom stereocenters. The van der Waals surface area contributed by atoms with Gasteiger partial charge in [0.05, 0.1) is 11.3 Å². The van der Waals surface area contributed by atoms with Gasteiger partial charge in [-0.15, -0.1) is 10.2 Å². The van der Waals surface area contributed by atoms with Crippen LogP contribution in [0.5, 0.6) is 0 Å². The van der Waals surface area contributed by atoms with Crippen molar-refractivity contribution in [2.45, 2.75) is 18.1 Å². The van der Waals surface area contributed by atoms with Crippen molar-refractivity contribution in [3.05, 3.63) is 60.2 Å². The van der Waals surface area contributed by atoms with Crippen molar-refractivity contribution >= 4 is 39.7 Å². The van der Waals surface area contributed by atoms with Crippen LogP contribution in [0.2, 0.25) is 0 Å². The maximum atomic E-state index is 11.0. The van der Waals surface area contributed by atoms with Crippen molar-refractivity contribution in [1.82, 2.24) is 19.7 Å². The molecule has 0 bridgehead atoms. The first kappa shape index (κ1) is 16.5. The fourth-order valence-corrected chi connectivity index (χ4v) is 3.52. The molecule has 0 aliphatic heterocycles. The molecule has 0 radical (unpaired) electrons. The van der Waals surface area contributed by atoms with E-state index < -0.39 is 5.91 Å². The number of thioether (sulfide) groups is 1. The molecule has 4 aromatic rings. The van der Waals surface area contributed by atoms with Crippen LogP contribution in [-0.4, -0.2) is 31.4 Å². The highest BCUT2D eigenvalue weighted by Gasteiger charge is 2.15. The van der Waals surface area contributed by atoms with Gasteiger partial charge in [-0.25, -0.2) is 4.98 Å². The van der Waals surface area contributed by atoms with Crippen molar-refractivity contribution < 1.29 is 4.79 Å². The third kappa shape index (κ3) is 3.25. The Balaban J connectivity index is 1.76. The molecule has 130 valence electrons. The number of primary amides is 1. The first-order valence-electron chi connectivity index (χ1n) is 8.29. The molecule has 2 aromatic carbocycles. The number of nitrogens with two attached hydrogens (primary N) is 1. The summed E-state index contributed by atoms with van der Waals surface area (Å²) >= 11 is 1.20. The van der Waals surface area contributed by atoms with Gasteiger partial charge in [-0.05, 0) is 18.1 Å². The summed E-state index contributed by atoms with van der Waals surface area (Å²) < 4.78 is 2.17. The normalized spacial score (nSPS) is 11.2. The minimum atomic E-state index is -0.400. The minimum absolute atomic E-state index is 0.136. The molecule has 0 unspecified atom stereocenters. The largest absolute Gasteiger partial charge is 0.369 e. The van der Waals surface area contributed by atoms with E-state index in [9.17, 15) is 4.79 Å². The number of fused-ring (bicyclic) bond motifs is 3. The van der Waals surface area contributed by atoms with Gasteiger partial charge < -0.3 is 10.3 Å². The maximum absolute atomic E-state index is 11.0. The van der Waals surface area contributed by atoms with Gasteiger partial charge in [0.2, 0.25) is 11.1 Å². The maximum Gasteiger partial charge on any atom is 0.227 e. The molecular weight excluding hydrogens is 346 g/mol. The van der Waals surface area contributed by atoms with E-state index in [1.54, 1.807) is 0 Å². The molecule has 0 spiro atoms. The van der Waals surface area contributed by atoms with E-state index in [2.05, 4.69) is 37.9 Å². The first-order valence-corrected chi connectivity index (χ1v) is 9.27. The highest BCUT2D eigenvalue weighted by molar-refractivity contribution is 7.99. The zero-order valence-electron chi connectivity index (χ0n) is 14.0. The average Bonchev–Trinajstić information content (AvgIpc) is 2.98. The summed E-state index contributed by atoms with van der Waals surface area (Å²) in [4.78, 5) is 15.7. The predicted molar refractivity (Wildman–Crippen MR) is 103 cm³/mol. The predicted octanol–water partition coefficient (Wildman–Crippen LogP) is 2.80. The molecular formula is C19H17N5OS. The summed E-state index contributed by atoms with van der Waals surface area (Å²) in [5, 5.41) is 9.99. The molecule has 0 aliphatic rings. The summed E-state index contributed by atoms with van der Waals surface area (Å²) in [7, 11) is 0. The van der Waals surface area contributed by atoms with Gasteiger partial charge in [-0.2, -0.15) is 0 Å². The third-order valence-corrected chi connectivity index (χ3v) is 5.02. The van der Waals surface area contributed by atoms with Gasteiger partial charge in [-0.3, -0.25) is 4.79 Å². The Morgan fingerprint density at radius 3 is 2.62 bits per heavy atom. The molecule has 1 amide bonds. The van der Waals surface area contributed by atoms with E-state index in [4.69, 9.17) is 5.73 Å². The number of hydrogen-bond donors (Lipinski definition) is 1. The van der Waals surface area contributed by atoms with Gasteiger partial charge in [-0.1, -0.05) is 60.3 Å². The number of carbonyl (C=O) groups excluding carboxylic acids is 1. The van der Waals surface area contributed by atoms with Crippen molar-refractivity contribution in [2.24, 2.45) is 5.73 Å². The van der Waals surface area contributed by atoms with E-state index in [1.807, 2.05) is 36.4 Å². The molecule has 2 N–H and O–H groups in total. The summed E-state index contributed by atoms with van der Waals surface area (Å²) in [6, 6.07) is 18.4. The Labute approximate surface area is 154 Å². The number of nitrogens with zero attached hydrogens (tertiary/aromatic N) is 4. The number of amides is 1. The lowest BCUT2D eigenvalue weighted by Gasteiger charge is -2.07. The molecule has 6 nitrogen and oxygen atoms in total.